The third-order valence-electron chi connectivity index (χ3n) is 4.93. The van der Waals surface area contributed by atoms with Gasteiger partial charge in [0.25, 0.3) is 5.91 Å². The summed E-state index contributed by atoms with van der Waals surface area (Å²) in [7, 11) is -3.23. The Kier molecular flexibility index (Phi) is 5.04. The van der Waals surface area contributed by atoms with Crippen molar-refractivity contribution in [3.05, 3.63) is 35.1 Å². The van der Waals surface area contributed by atoms with Crippen LogP contribution in [0, 0.1) is 23.1 Å². The lowest BCUT2D eigenvalue weighted by molar-refractivity contribution is 0.0296. The predicted molar refractivity (Wildman–Crippen MR) is 94.8 cm³/mol. The fourth-order valence-corrected chi connectivity index (χ4v) is 5.93. The van der Waals surface area contributed by atoms with Gasteiger partial charge < -0.3 is 4.90 Å². The number of hydrogen-bond donors (Lipinski definition) is 0. The number of sulfone groups is 1. The van der Waals surface area contributed by atoms with Crippen LogP contribution < -0.4 is 0 Å². The zero-order valence-corrected chi connectivity index (χ0v) is 15.7. The fraction of sp³-hybridized carbons (Fsp3) is 0.556. The fourth-order valence-electron chi connectivity index (χ4n) is 3.92. The van der Waals surface area contributed by atoms with Gasteiger partial charge >= 0.3 is 0 Å². The van der Waals surface area contributed by atoms with Gasteiger partial charge in [-0.15, -0.1) is 0 Å². The minimum absolute atomic E-state index is 0.0424. The van der Waals surface area contributed by atoms with Gasteiger partial charge in [0.15, 0.2) is 9.84 Å². The summed E-state index contributed by atoms with van der Waals surface area (Å²) in [6.07, 6.45) is 0. The van der Waals surface area contributed by atoms with Gasteiger partial charge in [-0.25, -0.2) is 12.8 Å². The Morgan fingerprint density at radius 1 is 1.27 bits per heavy atom. The Hall–Kier alpha value is -1.98. The Morgan fingerprint density at radius 3 is 2.62 bits per heavy atom. The van der Waals surface area contributed by atoms with E-state index in [4.69, 9.17) is 5.26 Å². The third kappa shape index (κ3) is 3.74. The molecule has 1 aromatic carbocycles. The molecule has 2 saturated heterocycles. The van der Waals surface area contributed by atoms with Crippen LogP contribution in [0.5, 0.6) is 0 Å². The van der Waals surface area contributed by atoms with Gasteiger partial charge in [-0.3, -0.25) is 9.69 Å². The van der Waals surface area contributed by atoms with E-state index >= 15 is 0 Å². The quantitative estimate of drug-likeness (QED) is 0.790. The van der Waals surface area contributed by atoms with Gasteiger partial charge in [-0.1, -0.05) is 13.8 Å². The van der Waals surface area contributed by atoms with Crippen molar-refractivity contribution >= 4 is 15.7 Å². The number of amides is 1. The number of nitrogens with zero attached hydrogens (tertiary/aromatic N) is 3. The van der Waals surface area contributed by atoms with E-state index in [1.165, 1.54) is 6.07 Å². The van der Waals surface area contributed by atoms with Gasteiger partial charge in [-0.05, 0) is 24.1 Å². The topological polar surface area (TPSA) is 81.5 Å². The van der Waals surface area contributed by atoms with Crippen LogP contribution in [-0.2, 0) is 9.84 Å². The molecule has 0 unspecified atom stereocenters. The SMILES string of the molecule is CC(C)CN1CCN(C(=O)c2cc(F)cc(C#N)c2)[C@H]2CS(=O)(=O)C[C@H]21. The lowest BCUT2D eigenvalue weighted by Gasteiger charge is -2.44. The van der Waals surface area contributed by atoms with Crippen molar-refractivity contribution in [3.63, 3.8) is 0 Å². The normalized spacial score (nSPS) is 25.1. The van der Waals surface area contributed by atoms with Crippen molar-refractivity contribution in [2.45, 2.75) is 25.9 Å². The molecule has 0 bridgehead atoms. The van der Waals surface area contributed by atoms with E-state index in [1.54, 1.807) is 4.90 Å². The molecule has 0 spiro atoms. The van der Waals surface area contributed by atoms with E-state index in [0.717, 1.165) is 18.7 Å². The first-order valence-electron chi connectivity index (χ1n) is 8.66. The Morgan fingerprint density at radius 2 is 1.96 bits per heavy atom. The summed E-state index contributed by atoms with van der Waals surface area (Å²) in [4.78, 5) is 16.6. The maximum absolute atomic E-state index is 13.7. The van der Waals surface area contributed by atoms with Crippen LogP contribution in [0.3, 0.4) is 0 Å². The number of nitriles is 1. The summed E-state index contributed by atoms with van der Waals surface area (Å²) in [5, 5.41) is 8.99. The lowest BCUT2D eigenvalue weighted by Crippen LogP contribution is -2.61. The molecule has 6 nitrogen and oxygen atoms in total. The highest BCUT2D eigenvalue weighted by Crippen LogP contribution is 2.29. The van der Waals surface area contributed by atoms with Crippen LogP contribution in [0.25, 0.3) is 0 Å². The average molecular weight is 379 g/mol. The largest absolute Gasteiger partial charge is 0.332 e. The monoisotopic (exact) mass is 379 g/mol. The lowest BCUT2D eigenvalue weighted by atomic mass is 10.0. The zero-order valence-electron chi connectivity index (χ0n) is 14.9. The van der Waals surface area contributed by atoms with Crippen LogP contribution in [0.4, 0.5) is 4.39 Å². The molecule has 2 aliphatic heterocycles. The molecule has 0 aromatic heterocycles. The molecule has 1 amide bonds. The van der Waals surface area contributed by atoms with Crippen LogP contribution in [0.2, 0.25) is 0 Å². The number of carbonyl (C=O) groups excluding carboxylic acids is 1. The smallest absolute Gasteiger partial charge is 0.254 e. The van der Waals surface area contributed by atoms with Crippen molar-refractivity contribution in [2.24, 2.45) is 5.92 Å². The maximum Gasteiger partial charge on any atom is 0.254 e. The minimum Gasteiger partial charge on any atom is -0.332 e. The summed E-state index contributed by atoms with van der Waals surface area (Å²) in [5.41, 5.74) is 0.157. The molecule has 26 heavy (non-hydrogen) atoms. The van der Waals surface area contributed by atoms with E-state index < -0.39 is 27.6 Å². The molecule has 140 valence electrons. The summed E-state index contributed by atoms with van der Waals surface area (Å²) >= 11 is 0. The molecule has 2 aliphatic rings. The highest BCUT2D eigenvalue weighted by molar-refractivity contribution is 7.91. The minimum atomic E-state index is -3.23. The van der Waals surface area contributed by atoms with Crippen molar-refractivity contribution in [2.75, 3.05) is 31.1 Å². The van der Waals surface area contributed by atoms with Crippen molar-refractivity contribution in [1.82, 2.24) is 9.80 Å². The molecule has 2 atom stereocenters. The number of fused-ring (bicyclic) bond motifs is 1. The number of hydrogen-bond acceptors (Lipinski definition) is 5. The molecule has 1 aromatic rings. The van der Waals surface area contributed by atoms with Crippen molar-refractivity contribution in [1.29, 1.82) is 5.26 Å². The Labute approximate surface area is 153 Å². The molecule has 0 aliphatic carbocycles. The summed E-state index contributed by atoms with van der Waals surface area (Å²) < 4.78 is 38.2. The first-order valence-corrected chi connectivity index (χ1v) is 10.5. The maximum atomic E-state index is 13.7. The highest BCUT2D eigenvalue weighted by Gasteiger charge is 2.48. The third-order valence-corrected chi connectivity index (χ3v) is 6.62. The Balaban J connectivity index is 1.90. The van der Waals surface area contributed by atoms with Crippen molar-refractivity contribution in [3.8, 4) is 6.07 Å². The van der Waals surface area contributed by atoms with Crippen LogP contribution in [0.15, 0.2) is 18.2 Å². The van der Waals surface area contributed by atoms with E-state index in [1.807, 2.05) is 6.07 Å². The molecule has 3 rings (SSSR count). The van der Waals surface area contributed by atoms with Gasteiger partial charge in [-0.2, -0.15) is 5.26 Å². The van der Waals surface area contributed by atoms with Crippen LogP contribution in [0.1, 0.15) is 29.8 Å². The van der Waals surface area contributed by atoms with Crippen molar-refractivity contribution < 1.29 is 17.6 Å². The van der Waals surface area contributed by atoms with Gasteiger partial charge in [0.1, 0.15) is 5.82 Å². The number of halogens is 1. The highest BCUT2D eigenvalue weighted by atomic mass is 32.2. The molecule has 8 heteroatoms. The first-order chi connectivity index (χ1) is 12.2. The van der Waals surface area contributed by atoms with E-state index in [0.29, 0.717) is 19.0 Å². The number of carbonyl (C=O) groups is 1. The second kappa shape index (κ2) is 6.97. The summed E-state index contributed by atoms with van der Waals surface area (Å²) in [6, 6.07) is 4.69. The van der Waals surface area contributed by atoms with Gasteiger partial charge in [0, 0.05) is 31.2 Å². The number of benzene rings is 1. The number of piperazine rings is 1. The zero-order chi connectivity index (χ0) is 19.1. The molecule has 0 radical (unpaired) electrons. The standard InChI is InChI=1S/C18H22FN3O3S/c1-12(2)9-21-3-4-22(17-11-26(24,25)10-16(17)21)18(23)14-5-13(8-20)6-15(19)7-14/h5-7,12,16-17H,3-4,9-11H2,1-2H3/t16-,17+/m1/s1. The molecule has 0 saturated carbocycles. The summed E-state index contributed by atoms with van der Waals surface area (Å²) in [5.74, 6) is -0.708. The molecular weight excluding hydrogens is 357 g/mol. The molecule has 0 N–H and O–H groups in total. The van der Waals surface area contributed by atoms with E-state index in [-0.39, 0.29) is 28.7 Å². The Bertz CT molecular complexity index is 863. The molecular formula is C18H22FN3O3S. The average Bonchev–Trinajstić information content (AvgIpc) is 2.89. The second-order valence-corrected chi connectivity index (χ2v) is 9.59. The van der Waals surface area contributed by atoms with E-state index in [9.17, 15) is 17.6 Å². The van der Waals surface area contributed by atoms with Crippen LogP contribution in [-0.4, -0.2) is 67.3 Å². The number of rotatable bonds is 3. The summed E-state index contributed by atoms with van der Waals surface area (Å²) in [6.45, 7) is 5.90. The predicted octanol–water partition coefficient (Wildman–Crippen LogP) is 1.28. The van der Waals surface area contributed by atoms with E-state index in [2.05, 4.69) is 18.7 Å². The first kappa shape index (κ1) is 18.8. The second-order valence-electron chi connectivity index (χ2n) is 7.44. The molecule has 2 heterocycles. The van der Waals surface area contributed by atoms with Gasteiger partial charge in [0.2, 0.25) is 0 Å². The molecule has 2 fully saturated rings. The van der Waals surface area contributed by atoms with Crippen LogP contribution >= 0.6 is 0 Å². The van der Waals surface area contributed by atoms with Gasteiger partial charge in [0.05, 0.1) is 29.2 Å².